The maximum atomic E-state index is 5.55. The van der Waals surface area contributed by atoms with Gasteiger partial charge in [0.05, 0.1) is 12.5 Å². The first kappa shape index (κ1) is 8.38. The number of alkyl halides is 1. The van der Waals surface area contributed by atoms with Crippen molar-refractivity contribution in [3.05, 3.63) is 30.5 Å². The molecule has 0 aromatic carbocycles. The van der Waals surface area contributed by atoms with Crippen LogP contribution in [0.3, 0.4) is 0 Å². The molecule has 4 heteroatoms. The smallest absolute Gasteiger partial charge is 0.196 e. The molecule has 0 fully saturated rings. The van der Waals surface area contributed by atoms with Crippen LogP contribution in [0.5, 0.6) is 0 Å². The molecule has 0 saturated heterocycles. The Bertz CT molecular complexity index is 367. The summed E-state index contributed by atoms with van der Waals surface area (Å²) in [6, 6.07) is 3.63. The Morgan fingerprint density at radius 2 is 2.31 bits per heavy atom. The van der Waals surface area contributed by atoms with E-state index >= 15 is 0 Å². The van der Waals surface area contributed by atoms with Crippen molar-refractivity contribution in [2.75, 3.05) is 5.88 Å². The van der Waals surface area contributed by atoms with E-state index in [1.165, 1.54) is 0 Å². The van der Waals surface area contributed by atoms with Gasteiger partial charge in [-0.25, -0.2) is 4.98 Å². The molecule has 3 nitrogen and oxygen atoms in total. The van der Waals surface area contributed by atoms with E-state index in [1.54, 1.807) is 18.5 Å². The largest absolute Gasteiger partial charge is 0.461 e. The van der Waals surface area contributed by atoms with E-state index in [1.807, 2.05) is 6.07 Å². The molecule has 0 amide bonds. The molecule has 68 valence electrons. The van der Waals surface area contributed by atoms with Gasteiger partial charge in [0.2, 0.25) is 0 Å². The first-order valence-corrected chi connectivity index (χ1v) is 4.48. The highest BCUT2D eigenvalue weighted by Gasteiger charge is 2.07. The number of oxazole rings is 1. The molecule has 0 N–H and O–H groups in total. The third-order valence-corrected chi connectivity index (χ3v) is 1.81. The third kappa shape index (κ3) is 1.75. The van der Waals surface area contributed by atoms with Crippen LogP contribution in [-0.4, -0.2) is 10.9 Å². The molecular weight excluding hydrogens is 190 g/mol. The van der Waals surface area contributed by atoms with Crippen molar-refractivity contribution in [1.82, 2.24) is 4.98 Å². The molecule has 2 aromatic heterocycles. The molecule has 0 aliphatic rings. The Labute approximate surface area is 80.3 Å². The van der Waals surface area contributed by atoms with Crippen LogP contribution >= 0.6 is 11.6 Å². The van der Waals surface area contributed by atoms with Gasteiger partial charge in [0.15, 0.2) is 17.4 Å². The van der Waals surface area contributed by atoms with Crippen molar-refractivity contribution in [3.63, 3.8) is 0 Å². The second kappa shape index (κ2) is 3.66. The summed E-state index contributed by atoms with van der Waals surface area (Å²) in [6.07, 6.45) is 3.88. The molecule has 0 aliphatic heterocycles. The van der Waals surface area contributed by atoms with Crippen molar-refractivity contribution in [2.24, 2.45) is 0 Å². The van der Waals surface area contributed by atoms with E-state index in [-0.39, 0.29) is 0 Å². The summed E-state index contributed by atoms with van der Waals surface area (Å²) in [5.41, 5.74) is 0. The van der Waals surface area contributed by atoms with Crippen LogP contribution < -0.4 is 0 Å². The predicted octanol–water partition coefficient (Wildman–Crippen LogP) is 2.72. The molecule has 2 aromatic rings. The lowest BCUT2D eigenvalue weighted by atomic mass is 10.4. The summed E-state index contributed by atoms with van der Waals surface area (Å²) in [6.45, 7) is 0. The van der Waals surface area contributed by atoms with Gasteiger partial charge < -0.3 is 8.83 Å². The molecule has 0 atom stereocenters. The molecule has 2 heterocycles. The number of aromatic nitrogens is 1. The molecule has 0 saturated carbocycles. The zero-order valence-corrected chi connectivity index (χ0v) is 7.62. The van der Waals surface area contributed by atoms with E-state index in [9.17, 15) is 0 Å². The minimum absolute atomic E-state index is 0.512. The quantitative estimate of drug-likeness (QED) is 0.711. The third-order valence-electron chi connectivity index (χ3n) is 1.63. The van der Waals surface area contributed by atoms with Crippen LogP contribution in [0.2, 0.25) is 0 Å². The van der Waals surface area contributed by atoms with Crippen LogP contribution in [0.25, 0.3) is 11.5 Å². The molecule has 13 heavy (non-hydrogen) atoms. The monoisotopic (exact) mass is 197 g/mol. The highest BCUT2D eigenvalue weighted by Crippen LogP contribution is 2.20. The fraction of sp³-hybridized carbons (Fsp3) is 0.222. The lowest BCUT2D eigenvalue weighted by Gasteiger charge is -1.88. The van der Waals surface area contributed by atoms with Crippen LogP contribution in [0.4, 0.5) is 0 Å². The minimum Gasteiger partial charge on any atom is -0.461 e. The van der Waals surface area contributed by atoms with Gasteiger partial charge in [0.1, 0.15) is 0 Å². The van der Waals surface area contributed by atoms with E-state index < -0.39 is 0 Å². The lowest BCUT2D eigenvalue weighted by molar-refractivity contribution is 0.487. The normalized spacial score (nSPS) is 10.5. The summed E-state index contributed by atoms with van der Waals surface area (Å²) in [5, 5.41) is 0. The SMILES string of the molecule is ClCCc1ncc(-c2ccco2)o1. The molecule has 0 unspecified atom stereocenters. The Kier molecular flexibility index (Phi) is 2.36. The maximum absolute atomic E-state index is 5.55. The standard InChI is InChI=1S/C9H8ClNO2/c10-4-3-9-11-6-8(13-9)7-2-1-5-12-7/h1-2,5-6H,3-4H2. The number of rotatable bonds is 3. The van der Waals surface area contributed by atoms with Crippen molar-refractivity contribution >= 4 is 11.6 Å². The van der Waals surface area contributed by atoms with Crippen molar-refractivity contribution in [2.45, 2.75) is 6.42 Å². The van der Waals surface area contributed by atoms with Gasteiger partial charge >= 0.3 is 0 Å². The Morgan fingerprint density at radius 1 is 1.38 bits per heavy atom. The summed E-state index contributed by atoms with van der Waals surface area (Å²) in [5.74, 6) is 2.48. The van der Waals surface area contributed by atoms with Crippen molar-refractivity contribution in [3.8, 4) is 11.5 Å². The van der Waals surface area contributed by atoms with Crippen molar-refractivity contribution < 1.29 is 8.83 Å². The van der Waals surface area contributed by atoms with Crippen molar-refractivity contribution in [1.29, 1.82) is 0 Å². The summed E-state index contributed by atoms with van der Waals surface area (Å²) in [7, 11) is 0. The predicted molar refractivity (Wildman–Crippen MR) is 48.6 cm³/mol. The van der Waals surface area contributed by atoms with E-state index in [2.05, 4.69) is 4.98 Å². The van der Waals surface area contributed by atoms with Gasteiger partial charge in [0, 0.05) is 12.3 Å². The van der Waals surface area contributed by atoms with E-state index in [0.717, 1.165) is 0 Å². The first-order chi connectivity index (χ1) is 6.40. The fourth-order valence-electron chi connectivity index (χ4n) is 1.04. The number of halogens is 1. The number of hydrogen-bond donors (Lipinski definition) is 0. The molecule has 0 spiro atoms. The highest BCUT2D eigenvalue weighted by molar-refractivity contribution is 6.17. The van der Waals surface area contributed by atoms with Crippen LogP contribution in [0.15, 0.2) is 33.4 Å². The van der Waals surface area contributed by atoms with Gasteiger partial charge in [-0.05, 0) is 12.1 Å². The minimum atomic E-state index is 0.512. The average molecular weight is 198 g/mol. The topological polar surface area (TPSA) is 39.2 Å². The van der Waals surface area contributed by atoms with E-state index in [0.29, 0.717) is 29.7 Å². The van der Waals surface area contributed by atoms with Gasteiger partial charge in [-0.15, -0.1) is 11.6 Å². The highest BCUT2D eigenvalue weighted by atomic mass is 35.5. The van der Waals surface area contributed by atoms with Crippen LogP contribution in [-0.2, 0) is 6.42 Å². The zero-order chi connectivity index (χ0) is 9.10. The number of aryl methyl sites for hydroxylation is 1. The second-order valence-electron chi connectivity index (χ2n) is 2.53. The summed E-state index contributed by atoms with van der Waals surface area (Å²) < 4.78 is 10.5. The Balaban J connectivity index is 2.23. The van der Waals surface area contributed by atoms with Gasteiger partial charge in [0.25, 0.3) is 0 Å². The Hall–Kier alpha value is -1.22. The summed E-state index contributed by atoms with van der Waals surface area (Å²) >= 11 is 5.55. The zero-order valence-electron chi connectivity index (χ0n) is 6.87. The fourth-order valence-corrected chi connectivity index (χ4v) is 1.20. The molecule has 0 radical (unpaired) electrons. The first-order valence-electron chi connectivity index (χ1n) is 3.94. The van der Waals surface area contributed by atoms with E-state index in [4.69, 9.17) is 20.4 Å². The summed E-state index contributed by atoms with van der Waals surface area (Å²) in [4.78, 5) is 4.05. The number of hydrogen-bond acceptors (Lipinski definition) is 3. The average Bonchev–Trinajstić information content (AvgIpc) is 2.70. The Morgan fingerprint density at radius 3 is 3.00 bits per heavy atom. The van der Waals surface area contributed by atoms with Crippen LogP contribution in [0, 0.1) is 0 Å². The van der Waals surface area contributed by atoms with Gasteiger partial charge in [-0.2, -0.15) is 0 Å². The maximum Gasteiger partial charge on any atom is 0.196 e. The number of furan rings is 1. The molecule has 2 rings (SSSR count). The lowest BCUT2D eigenvalue weighted by Crippen LogP contribution is -1.83. The molecule has 0 bridgehead atoms. The number of nitrogens with zero attached hydrogens (tertiary/aromatic N) is 1. The van der Waals surface area contributed by atoms with Crippen LogP contribution in [0.1, 0.15) is 5.89 Å². The van der Waals surface area contributed by atoms with Gasteiger partial charge in [-0.3, -0.25) is 0 Å². The van der Waals surface area contributed by atoms with Gasteiger partial charge in [-0.1, -0.05) is 0 Å². The second-order valence-corrected chi connectivity index (χ2v) is 2.91. The molecule has 0 aliphatic carbocycles. The molecular formula is C9H8ClNO2.